The molecular formula is C13H23F3O9S3. The van der Waals surface area contributed by atoms with E-state index < -0.39 is 42.1 Å². The van der Waals surface area contributed by atoms with Crippen molar-refractivity contribution in [2.75, 3.05) is 17.3 Å². The topological polar surface area (TPSA) is 163 Å². The Bertz CT molecular complexity index is 756. The third-order valence-electron chi connectivity index (χ3n) is 2.20. The van der Waals surface area contributed by atoms with Crippen LogP contribution in [0.4, 0.5) is 13.2 Å². The largest absolute Gasteiger partial charge is 0.416 e. The van der Waals surface area contributed by atoms with Crippen LogP contribution in [-0.2, 0) is 36.5 Å². The second kappa shape index (κ2) is 13.8. The van der Waals surface area contributed by atoms with Crippen molar-refractivity contribution in [1.29, 1.82) is 0 Å². The third kappa shape index (κ3) is 29.5. The van der Waals surface area contributed by atoms with Crippen LogP contribution < -0.4 is 0 Å². The van der Waals surface area contributed by atoms with E-state index in [1.54, 1.807) is 6.07 Å². The molecule has 0 amide bonds. The first-order chi connectivity index (χ1) is 12.3. The molecule has 1 aromatic carbocycles. The summed E-state index contributed by atoms with van der Waals surface area (Å²) >= 11 is 0. The van der Waals surface area contributed by atoms with Crippen LogP contribution in [-0.4, -0.2) is 56.2 Å². The SMILES string of the molecule is CCS(=O)(=O)O.CCS(=O)(=O)O.CCS(=O)(=O)O.FC(F)(F)c1ccccc1. The summed E-state index contributed by atoms with van der Waals surface area (Å²) in [6, 6.07) is 6.36. The standard InChI is InChI=1S/C7H5F3.3C2H6O3S/c8-7(9,10)6-4-2-1-3-5-6;3*1-2-6(3,4)5/h1-5H;3*2H2,1H3,(H,3,4,5). The zero-order valence-electron chi connectivity index (χ0n) is 15.2. The number of alkyl halides is 3. The molecule has 168 valence electrons. The van der Waals surface area contributed by atoms with E-state index >= 15 is 0 Å². The first-order valence-corrected chi connectivity index (χ1v) is 12.1. The van der Waals surface area contributed by atoms with Crippen molar-refractivity contribution in [3.05, 3.63) is 35.9 Å². The Labute approximate surface area is 162 Å². The molecule has 0 aromatic heterocycles. The number of hydrogen-bond donors (Lipinski definition) is 3. The van der Waals surface area contributed by atoms with Crippen LogP contribution in [0, 0.1) is 0 Å². The van der Waals surface area contributed by atoms with Crippen molar-refractivity contribution in [2.24, 2.45) is 0 Å². The van der Waals surface area contributed by atoms with E-state index in [-0.39, 0.29) is 17.3 Å². The summed E-state index contributed by atoms with van der Waals surface area (Å²) in [5.41, 5.74) is -0.602. The molecule has 0 aliphatic rings. The number of rotatable bonds is 3. The van der Waals surface area contributed by atoms with Crippen LogP contribution in [0.1, 0.15) is 26.3 Å². The predicted octanol–water partition coefficient (Wildman–Crippen LogP) is 2.39. The first kappa shape index (κ1) is 31.4. The highest BCUT2D eigenvalue weighted by Gasteiger charge is 2.29. The fourth-order valence-corrected chi connectivity index (χ4v) is 0.627. The van der Waals surface area contributed by atoms with Gasteiger partial charge in [-0.15, -0.1) is 0 Å². The van der Waals surface area contributed by atoms with Gasteiger partial charge >= 0.3 is 6.18 Å². The van der Waals surface area contributed by atoms with E-state index in [1.165, 1.54) is 32.9 Å². The summed E-state index contributed by atoms with van der Waals surface area (Å²) in [5.74, 6) is -0.604. The zero-order chi connectivity index (χ0) is 23.2. The molecule has 0 heterocycles. The maximum absolute atomic E-state index is 11.8. The van der Waals surface area contributed by atoms with Crippen LogP contribution in [0.15, 0.2) is 30.3 Å². The van der Waals surface area contributed by atoms with Gasteiger partial charge in [0.05, 0.1) is 22.8 Å². The molecule has 1 aromatic rings. The highest BCUT2D eigenvalue weighted by Crippen LogP contribution is 2.28. The Balaban J connectivity index is -0.000000309. The van der Waals surface area contributed by atoms with Gasteiger partial charge in [0.25, 0.3) is 30.4 Å². The van der Waals surface area contributed by atoms with Crippen molar-refractivity contribution >= 4 is 30.4 Å². The number of halogens is 3. The zero-order valence-corrected chi connectivity index (χ0v) is 17.6. The molecule has 0 unspecified atom stereocenters. The lowest BCUT2D eigenvalue weighted by Gasteiger charge is -2.03. The Morgan fingerprint density at radius 1 is 0.679 bits per heavy atom. The molecule has 0 aliphatic carbocycles. The van der Waals surface area contributed by atoms with Crippen LogP contribution >= 0.6 is 0 Å². The Hall–Kier alpha value is -1.26. The fraction of sp³-hybridized carbons (Fsp3) is 0.538. The molecule has 9 nitrogen and oxygen atoms in total. The van der Waals surface area contributed by atoms with Gasteiger partial charge in [0, 0.05) is 0 Å². The molecular weight excluding hydrogens is 453 g/mol. The molecule has 0 saturated carbocycles. The van der Waals surface area contributed by atoms with E-state index in [9.17, 15) is 38.4 Å². The highest BCUT2D eigenvalue weighted by atomic mass is 32.2. The Kier molecular flexibility index (Phi) is 15.5. The Morgan fingerprint density at radius 2 is 0.893 bits per heavy atom. The normalized spacial score (nSPS) is 11.6. The average Bonchev–Trinajstić information content (AvgIpc) is 2.55. The van der Waals surface area contributed by atoms with Crippen molar-refractivity contribution in [3.63, 3.8) is 0 Å². The average molecular weight is 477 g/mol. The minimum atomic E-state index is -4.21. The molecule has 0 radical (unpaired) electrons. The van der Waals surface area contributed by atoms with Gasteiger partial charge in [-0.25, -0.2) is 0 Å². The predicted molar refractivity (Wildman–Crippen MR) is 97.7 cm³/mol. The van der Waals surface area contributed by atoms with Gasteiger partial charge in [-0.1, -0.05) is 30.3 Å². The van der Waals surface area contributed by atoms with E-state index in [1.807, 2.05) is 0 Å². The van der Waals surface area contributed by atoms with Gasteiger partial charge in [-0.2, -0.15) is 38.4 Å². The lowest BCUT2D eigenvalue weighted by atomic mass is 10.2. The van der Waals surface area contributed by atoms with Crippen molar-refractivity contribution in [2.45, 2.75) is 26.9 Å². The summed E-state index contributed by atoms with van der Waals surface area (Å²) < 4.78 is 116. The maximum Gasteiger partial charge on any atom is 0.416 e. The fourth-order valence-electron chi connectivity index (χ4n) is 0.627. The molecule has 0 saturated heterocycles. The van der Waals surface area contributed by atoms with Crippen LogP contribution in [0.3, 0.4) is 0 Å². The summed E-state index contributed by atoms with van der Waals surface area (Å²) in [5, 5.41) is 0. The third-order valence-corrected chi connectivity index (χ3v) is 4.38. The summed E-state index contributed by atoms with van der Waals surface area (Å²) in [6.45, 7) is 4.11. The van der Waals surface area contributed by atoms with E-state index in [0.29, 0.717) is 0 Å². The summed E-state index contributed by atoms with van der Waals surface area (Å²) in [4.78, 5) is 0. The van der Waals surface area contributed by atoms with Gasteiger partial charge in [-0.05, 0) is 20.8 Å². The second-order valence-corrected chi connectivity index (χ2v) is 9.70. The van der Waals surface area contributed by atoms with Crippen LogP contribution in [0.2, 0.25) is 0 Å². The van der Waals surface area contributed by atoms with Gasteiger partial charge < -0.3 is 0 Å². The smallest absolute Gasteiger partial charge is 0.286 e. The molecule has 3 N–H and O–H groups in total. The molecule has 15 heteroatoms. The van der Waals surface area contributed by atoms with E-state index in [4.69, 9.17) is 13.7 Å². The van der Waals surface area contributed by atoms with E-state index in [0.717, 1.165) is 12.1 Å². The van der Waals surface area contributed by atoms with E-state index in [2.05, 4.69) is 0 Å². The van der Waals surface area contributed by atoms with Gasteiger partial charge in [0.15, 0.2) is 0 Å². The van der Waals surface area contributed by atoms with Crippen LogP contribution in [0.5, 0.6) is 0 Å². The van der Waals surface area contributed by atoms with Crippen molar-refractivity contribution in [3.8, 4) is 0 Å². The number of benzene rings is 1. The monoisotopic (exact) mass is 476 g/mol. The van der Waals surface area contributed by atoms with Crippen LogP contribution in [0.25, 0.3) is 0 Å². The molecule has 0 atom stereocenters. The molecule has 1 rings (SSSR count). The Morgan fingerprint density at radius 3 is 1.00 bits per heavy atom. The lowest BCUT2D eigenvalue weighted by molar-refractivity contribution is -0.137. The number of hydrogen-bond acceptors (Lipinski definition) is 6. The molecule has 28 heavy (non-hydrogen) atoms. The summed E-state index contributed by atoms with van der Waals surface area (Å²) in [7, 11) is -11.0. The van der Waals surface area contributed by atoms with Gasteiger partial charge in [0.2, 0.25) is 0 Å². The minimum Gasteiger partial charge on any atom is -0.286 e. The molecule has 0 aliphatic heterocycles. The quantitative estimate of drug-likeness (QED) is 0.556. The second-order valence-electron chi connectivity index (χ2n) is 4.48. The maximum atomic E-state index is 11.8. The van der Waals surface area contributed by atoms with Gasteiger partial charge in [-0.3, -0.25) is 13.7 Å². The molecule has 0 spiro atoms. The first-order valence-electron chi connectivity index (χ1n) is 7.26. The molecule has 0 fully saturated rings. The van der Waals surface area contributed by atoms with Crippen molar-refractivity contribution < 1.29 is 52.1 Å². The van der Waals surface area contributed by atoms with Crippen molar-refractivity contribution in [1.82, 2.24) is 0 Å². The highest BCUT2D eigenvalue weighted by molar-refractivity contribution is 7.86. The minimum absolute atomic E-state index is 0.201. The van der Waals surface area contributed by atoms with Gasteiger partial charge in [0.1, 0.15) is 0 Å². The lowest BCUT2D eigenvalue weighted by Crippen LogP contribution is -2.03. The summed E-state index contributed by atoms with van der Waals surface area (Å²) in [6.07, 6.45) is -4.21. The molecule has 0 bridgehead atoms.